The van der Waals surface area contributed by atoms with Crippen molar-refractivity contribution in [3.05, 3.63) is 63.6 Å². The number of carbonyl (C=O) groups excluding carboxylic acids is 1. The Bertz CT molecular complexity index is 922. The summed E-state index contributed by atoms with van der Waals surface area (Å²) in [6, 6.07) is 3.19. The number of aromatic nitrogens is 4. The molecule has 0 aliphatic heterocycles. The molecule has 3 heterocycles. The molecule has 3 aromatic heterocycles. The number of aryl methyl sites for hydroxylation is 1. The minimum absolute atomic E-state index is 0.101. The SMILES string of the molecule is Cc1c(CNC(=O)c2ccc(Cn3cc([N+](=O)[O-])cn3)o2)cnn1C. The van der Waals surface area contributed by atoms with Gasteiger partial charge in [0.1, 0.15) is 18.2 Å². The molecule has 3 rings (SSSR count). The molecular weight excluding hydrogens is 328 g/mol. The molecule has 0 radical (unpaired) electrons. The molecule has 3 aromatic rings. The number of furan rings is 1. The highest BCUT2D eigenvalue weighted by atomic mass is 16.6. The zero-order chi connectivity index (χ0) is 18.0. The minimum Gasteiger partial charge on any atom is -0.454 e. The maximum atomic E-state index is 12.2. The van der Waals surface area contributed by atoms with Gasteiger partial charge in [0.05, 0.1) is 17.7 Å². The maximum absolute atomic E-state index is 12.2. The highest BCUT2D eigenvalue weighted by molar-refractivity contribution is 5.91. The maximum Gasteiger partial charge on any atom is 0.307 e. The molecule has 0 aromatic carbocycles. The number of nitrogens with zero attached hydrogens (tertiary/aromatic N) is 5. The standard InChI is InChI=1S/C15H16N6O4/c1-10-11(6-17-19(10)2)5-16-15(22)14-4-3-13(25-14)9-20-8-12(7-18-20)21(23)24/h3-4,6-8H,5,9H2,1-2H3,(H,16,22). The van der Waals surface area contributed by atoms with E-state index in [1.165, 1.54) is 10.9 Å². The molecule has 25 heavy (non-hydrogen) atoms. The number of nitrogens with one attached hydrogen (secondary N) is 1. The summed E-state index contributed by atoms with van der Waals surface area (Å²) in [6.45, 7) is 2.46. The summed E-state index contributed by atoms with van der Waals surface area (Å²) in [5.74, 6) is 0.292. The first-order valence-electron chi connectivity index (χ1n) is 7.45. The van der Waals surface area contributed by atoms with Crippen molar-refractivity contribution in [3.63, 3.8) is 0 Å². The lowest BCUT2D eigenvalue weighted by atomic mass is 10.2. The fourth-order valence-electron chi connectivity index (χ4n) is 2.26. The normalized spacial score (nSPS) is 10.8. The molecule has 10 nitrogen and oxygen atoms in total. The summed E-state index contributed by atoms with van der Waals surface area (Å²) < 4.78 is 8.58. The first kappa shape index (κ1) is 16.4. The third kappa shape index (κ3) is 3.57. The van der Waals surface area contributed by atoms with Crippen LogP contribution in [-0.2, 0) is 20.1 Å². The van der Waals surface area contributed by atoms with Gasteiger partial charge in [0.25, 0.3) is 5.91 Å². The third-order valence-electron chi connectivity index (χ3n) is 3.81. The number of rotatable bonds is 6. The fraction of sp³-hybridized carbons (Fsp3) is 0.267. The van der Waals surface area contributed by atoms with E-state index in [0.29, 0.717) is 12.3 Å². The summed E-state index contributed by atoms with van der Waals surface area (Å²) in [5.41, 5.74) is 1.79. The average Bonchev–Trinajstić information content (AvgIpc) is 3.29. The molecular formula is C15H16N6O4. The smallest absolute Gasteiger partial charge is 0.307 e. The second kappa shape index (κ2) is 6.59. The zero-order valence-electron chi connectivity index (χ0n) is 13.7. The number of carbonyl (C=O) groups is 1. The second-order valence-electron chi connectivity index (χ2n) is 5.48. The predicted octanol–water partition coefficient (Wildman–Crippen LogP) is 1.40. The number of hydrogen-bond acceptors (Lipinski definition) is 6. The Balaban J connectivity index is 1.61. The van der Waals surface area contributed by atoms with Crippen molar-refractivity contribution in [3.8, 4) is 0 Å². The van der Waals surface area contributed by atoms with Gasteiger partial charge in [-0.25, -0.2) is 0 Å². The van der Waals surface area contributed by atoms with Crippen LogP contribution in [0.3, 0.4) is 0 Å². The van der Waals surface area contributed by atoms with E-state index in [2.05, 4.69) is 15.5 Å². The van der Waals surface area contributed by atoms with E-state index < -0.39 is 4.92 Å². The molecule has 0 saturated heterocycles. The van der Waals surface area contributed by atoms with Crippen molar-refractivity contribution in [2.75, 3.05) is 0 Å². The molecule has 0 spiro atoms. The van der Waals surface area contributed by atoms with Gasteiger partial charge >= 0.3 is 5.69 Å². The van der Waals surface area contributed by atoms with Gasteiger partial charge in [0.15, 0.2) is 5.76 Å². The van der Waals surface area contributed by atoms with Gasteiger partial charge in [-0.2, -0.15) is 10.2 Å². The lowest BCUT2D eigenvalue weighted by Crippen LogP contribution is -2.22. The Morgan fingerprint density at radius 2 is 2.16 bits per heavy atom. The quantitative estimate of drug-likeness (QED) is 0.533. The van der Waals surface area contributed by atoms with E-state index in [-0.39, 0.29) is 23.9 Å². The number of hydrogen-bond donors (Lipinski definition) is 1. The molecule has 1 N–H and O–H groups in total. The van der Waals surface area contributed by atoms with Crippen LogP contribution in [0.2, 0.25) is 0 Å². The van der Waals surface area contributed by atoms with Crippen LogP contribution in [0.4, 0.5) is 5.69 Å². The van der Waals surface area contributed by atoms with Crippen molar-refractivity contribution in [2.45, 2.75) is 20.0 Å². The van der Waals surface area contributed by atoms with Crippen LogP contribution in [0.15, 0.2) is 35.1 Å². The molecule has 0 fully saturated rings. The molecule has 0 bridgehead atoms. The van der Waals surface area contributed by atoms with Crippen LogP contribution in [0.5, 0.6) is 0 Å². The van der Waals surface area contributed by atoms with Gasteiger partial charge in [-0.1, -0.05) is 0 Å². The molecule has 0 saturated carbocycles. The summed E-state index contributed by atoms with van der Waals surface area (Å²) in [6.07, 6.45) is 4.16. The largest absolute Gasteiger partial charge is 0.454 e. The molecule has 0 atom stereocenters. The number of nitro groups is 1. The van der Waals surface area contributed by atoms with Gasteiger partial charge < -0.3 is 9.73 Å². The summed E-state index contributed by atoms with van der Waals surface area (Å²) >= 11 is 0. The third-order valence-corrected chi connectivity index (χ3v) is 3.81. The van der Waals surface area contributed by atoms with Crippen LogP contribution < -0.4 is 5.32 Å². The van der Waals surface area contributed by atoms with E-state index in [0.717, 1.165) is 17.5 Å². The van der Waals surface area contributed by atoms with Crippen molar-refractivity contribution in [2.24, 2.45) is 7.05 Å². The van der Waals surface area contributed by atoms with Gasteiger partial charge in [0.2, 0.25) is 0 Å². The lowest BCUT2D eigenvalue weighted by molar-refractivity contribution is -0.385. The first-order chi connectivity index (χ1) is 11.9. The Morgan fingerprint density at radius 1 is 1.36 bits per heavy atom. The van der Waals surface area contributed by atoms with Crippen LogP contribution >= 0.6 is 0 Å². The zero-order valence-corrected chi connectivity index (χ0v) is 13.7. The molecule has 130 valence electrons. The average molecular weight is 344 g/mol. The fourth-order valence-corrected chi connectivity index (χ4v) is 2.26. The molecule has 0 unspecified atom stereocenters. The van der Waals surface area contributed by atoms with Gasteiger partial charge in [-0.15, -0.1) is 0 Å². The molecule has 0 aliphatic carbocycles. The van der Waals surface area contributed by atoms with Crippen molar-refractivity contribution >= 4 is 11.6 Å². The first-order valence-corrected chi connectivity index (χ1v) is 7.45. The van der Waals surface area contributed by atoms with Gasteiger partial charge in [0, 0.05) is 24.8 Å². The second-order valence-corrected chi connectivity index (χ2v) is 5.48. The summed E-state index contributed by atoms with van der Waals surface area (Å²) in [5, 5.41) is 21.4. The summed E-state index contributed by atoms with van der Waals surface area (Å²) in [7, 11) is 1.83. The lowest BCUT2D eigenvalue weighted by Gasteiger charge is -2.03. The van der Waals surface area contributed by atoms with Crippen molar-refractivity contribution < 1.29 is 14.1 Å². The Hall–Kier alpha value is -3.43. The minimum atomic E-state index is -0.523. The van der Waals surface area contributed by atoms with E-state index in [1.807, 2.05) is 14.0 Å². The Labute approximate surface area is 142 Å². The van der Waals surface area contributed by atoms with Crippen molar-refractivity contribution in [1.29, 1.82) is 0 Å². The number of amides is 1. The highest BCUT2D eigenvalue weighted by Gasteiger charge is 2.14. The van der Waals surface area contributed by atoms with E-state index in [1.54, 1.807) is 23.0 Å². The van der Waals surface area contributed by atoms with Crippen LogP contribution in [-0.4, -0.2) is 30.4 Å². The highest BCUT2D eigenvalue weighted by Crippen LogP contribution is 2.13. The Morgan fingerprint density at radius 3 is 2.80 bits per heavy atom. The van der Waals surface area contributed by atoms with Crippen LogP contribution in [0.1, 0.15) is 27.6 Å². The van der Waals surface area contributed by atoms with E-state index >= 15 is 0 Å². The monoisotopic (exact) mass is 344 g/mol. The van der Waals surface area contributed by atoms with Gasteiger partial charge in [-0.3, -0.25) is 24.3 Å². The van der Waals surface area contributed by atoms with E-state index in [4.69, 9.17) is 4.42 Å². The Kier molecular flexibility index (Phi) is 4.33. The molecule has 1 amide bonds. The van der Waals surface area contributed by atoms with Crippen LogP contribution in [0, 0.1) is 17.0 Å². The molecule has 10 heteroatoms. The van der Waals surface area contributed by atoms with Gasteiger partial charge in [-0.05, 0) is 19.1 Å². The topological polar surface area (TPSA) is 121 Å². The molecule has 0 aliphatic rings. The van der Waals surface area contributed by atoms with Crippen molar-refractivity contribution in [1.82, 2.24) is 24.9 Å². The van der Waals surface area contributed by atoms with E-state index in [9.17, 15) is 14.9 Å². The summed E-state index contributed by atoms with van der Waals surface area (Å²) in [4.78, 5) is 22.3. The predicted molar refractivity (Wildman–Crippen MR) is 85.8 cm³/mol. The van der Waals surface area contributed by atoms with Crippen LogP contribution in [0.25, 0.3) is 0 Å².